The lowest BCUT2D eigenvalue weighted by Crippen LogP contribution is -2.18. The molecule has 4 nitrogen and oxygen atoms in total. The summed E-state index contributed by atoms with van der Waals surface area (Å²) in [4.78, 5) is 8.12. The Balaban J connectivity index is 2.08. The van der Waals surface area contributed by atoms with Crippen molar-refractivity contribution in [2.45, 2.75) is 31.0 Å². The van der Waals surface area contributed by atoms with Gasteiger partial charge in [0.15, 0.2) is 5.16 Å². The first-order chi connectivity index (χ1) is 7.83. The molecule has 0 aliphatic carbocycles. The normalized spacial score (nSPS) is 12.6. The molecule has 1 aromatic heterocycles. The third kappa shape index (κ3) is 6.05. The molecule has 0 spiro atoms. The van der Waals surface area contributed by atoms with E-state index in [1.165, 1.54) is 11.8 Å². The van der Waals surface area contributed by atoms with E-state index in [0.717, 1.165) is 19.4 Å². The standard InChI is InChI=1S/C11H18N2O2S/c1-2-3-7-15-8-10(14)9-16-11-12-5-4-6-13-11/h4-6,10,14H,2-3,7-9H2,1H3. The van der Waals surface area contributed by atoms with Crippen LogP contribution in [0.5, 0.6) is 0 Å². The molecule has 16 heavy (non-hydrogen) atoms. The minimum atomic E-state index is -0.453. The van der Waals surface area contributed by atoms with Crippen molar-refractivity contribution in [1.82, 2.24) is 9.97 Å². The van der Waals surface area contributed by atoms with Crippen LogP contribution < -0.4 is 0 Å². The third-order valence-electron chi connectivity index (χ3n) is 1.90. The van der Waals surface area contributed by atoms with Crippen molar-refractivity contribution < 1.29 is 9.84 Å². The van der Waals surface area contributed by atoms with Crippen LogP contribution in [0, 0.1) is 0 Å². The molecule has 0 saturated carbocycles. The fourth-order valence-electron chi connectivity index (χ4n) is 1.04. The Labute approximate surface area is 100 Å². The molecule has 0 aromatic carbocycles. The topological polar surface area (TPSA) is 55.2 Å². The van der Waals surface area contributed by atoms with E-state index in [9.17, 15) is 5.11 Å². The molecule has 1 N–H and O–H groups in total. The van der Waals surface area contributed by atoms with Crippen molar-refractivity contribution in [3.63, 3.8) is 0 Å². The van der Waals surface area contributed by atoms with Crippen LogP contribution in [0.25, 0.3) is 0 Å². The van der Waals surface area contributed by atoms with E-state index in [-0.39, 0.29) is 0 Å². The third-order valence-corrected chi connectivity index (χ3v) is 2.92. The van der Waals surface area contributed by atoms with Crippen molar-refractivity contribution >= 4 is 11.8 Å². The van der Waals surface area contributed by atoms with E-state index in [4.69, 9.17) is 4.74 Å². The average molecular weight is 242 g/mol. The first kappa shape index (κ1) is 13.4. The maximum absolute atomic E-state index is 9.61. The van der Waals surface area contributed by atoms with Gasteiger partial charge in [-0.15, -0.1) is 0 Å². The van der Waals surface area contributed by atoms with E-state index >= 15 is 0 Å². The molecule has 0 fully saturated rings. The number of aliphatic hydroxyl groups is 1. The Bertz CT molecular complexity index is 272. The van der Waals surface area contributed by atoms with Crippen molar-refractivity contribution in [3.8, 4) is 0 Å². The van der Waals surface area contributed by atoms with Crippen LogP contribution in [0.3, 0.4) is 0 Å². The lowest BCUT2D eigenvalue weighted by Gasteiger charge is -2.09. The lowest BCUT2D eigenvalue weighted by atomic mass is 10.3. The summed E-state index contributed by atoms with van der Waals surface area (Å²) in [7, 11) is 0. The zero-order valence-electron chi connectivity index (χ0n) is 9.50. The summed E-state index contributed by atoms with van der Waals surface area (Å²) in [5.74, 6) is 0.566. The number of hydrogen-bond acceptors (Lipinski definition) is 5. The van der Waals surface area contributed by atoms with Gasteiger partial charge in [0.05, 0.1) is 12.7 Å². The van der Waals surface area contributed by atoms with Crippen molar-refractivity contribution in [2.75, 3.05) is 19.0 Å². The molecular formula is C11H18N2O2S. The molecule has 1 atom stereocenters. The van der Waals surface area contributed by atoms with Crippen LogP contribution in [0.2, 0.25) is 0 Å². The Morgan fingerprint density at radius 3 is 2.88 bits per heavy atom. The highest BCUT2D eigenvalue weighted by molar-refractivity contribution is 7.99. The highest BCUT2D eigenvalue weighted by atomic mass is 32.2. The quantitative estimate of drug-likeness (QED) is 0.427. The second kappa shape index (κ2) is 8.50. The summed E-state index contributed by atoms with van der Waals surface area (Å²) in [6.45, 7) is 3.22. The number of aliphatic hydroxyl groups excluding tert-OH is 1. The second-order valence-corrected chi connectivity index (χ2v) is 4.41. The number of rotatable bonds is 8. The summed E-state index contributed by atoms with van der Waals surface area (Å²) >= 11 is 1.44. The van der Waals surface area contributed by atoms with Gasteiger partial charge in [0.25, 0.3) is 0 Å². The molecular weight excluding hydrogens is 224 g/mol. The Morgan fingerprint density at radius 2 is 2.19 bits per heavy atom. The largest absolute Gasteiger partial charge is 0.390 e. The van der Waals surface area contributed by atoms with Crippen LogP contribution in [-0.4, -0.2) is 40.1 Å². The highest BCUT2D eigenvalue weighted by Gasteiger charge is 2.06. The summed E-state index contributed by atoms with van der Waals surface area (Å²) in [5, 5.41) is 10.3. The number of thioether (sulfide) groups is 1. The number of aromatic nitrogens is 2. The summed E-state index contributed by atoms with van der Waals surface area (Å²) < 4.78 is 5.32. The van der Waals surface area contributed by atoms with Gasteiger partial charge in [-0.1, -0.05) is 25.1 Å². The average Bonchev–Trinajstić information content (AvgIpc) is 2.33. The highest BCUT2D eigenvalue weighted by Crippen LogP contribution is 2.12. The van der Waals surface area contributed by atoms with Gasteiger partial charge in [0.2, 0.25) is 0 Å². The Morgan fingerprint density at radius 1 is 1.44 bits per heavy atom. The summed E-state index contributed by atoms with van der Waals surface area (Å²) in [6, 6.07) is 1.77. The number of ether oxygens (including phenoxy) is 1. The molecule has 0 radical (unpaired) electrons. The zero-order chi connectivity index (χ0) is 11.6. The fourth-order valence-corrected chi connectivity index (χ4v) is 1.75. The molecule has 90 valence electrons. The monoisotopic (exact) mass is 242 g/mol. The maximum atomic E-state index is 9.61. The smallest absolute Gasteiger partial charge is 0.187 e. The van der Waals surface area contributed by atoms with Crippen LogP contribution in [-0.2, 0) is 4.74 Å². The molecule has 0 saturated heterocycles. The molecule has 1 heterocycles. The molecule has 5 heteroatoms. The number of nitrogens with zero attached hydrogens (tertiary/aromatic N) is 2. The van der Waals surface area contributed by atoms with Gasteiger partial charge in [0, 0.05) is 24.8 Å². The van der Waals surface area contributed by atoms with Gasteiger partial charge in [-0.25, -0.2) is 9.97 Å². The lowest BCUT2D eigenvalue weighted by molar-refractivity contribution is 0.0473. The fraction of sp³-hybridized carbons (Fsp3) is 0.636. The van der Waals surface area contributed by atoms with Crippen molar-refractivity contribution in [1.29, 1.82) is 0 Å². The Kier molecular flexibility index (Phi) is 7.12. The predicted molar refractivity (Wildman–Crippen MR) is 64.5 cm³/mol. The first-order valence-electron chi connectivity index (χ1n) is 5.48. The number of unbranched alkanes of at least 4 members (excludes halogenated alkanes) is 1. The SMILES string of the molecule is CCCCOCC(O)CSc1ncccn1. The predicted octanol–water partition coefficient (Wildman–Crippen LogP) is 1.75. The van der Waals surface area contributed by atoms with E-state index in [2.05, 4.69) is 16.9 Å². The number of hydrogen-bond donors (Lipinski definition) is 1. The van der Waals surface area contributed by atoms with Gasteiger partial charge in [-0.05, 0) is 12.5 Å². The molecule has 1 rings (SSSR count). The van der Waals surface area contributed by atoms with Crippen LogP contribution in [0.4, 0.5) is 0 Å². The van der Waals surface area contributed by atoms with E-state index in [0.29, 0.717) is 17.5 Å². The second-order valence-electron chi connectivity index (χ2n) is 3.42. The molecule has 0 bridgehead atoms. The molecule has 0 amide bonds. The minimum Gasteiger partial charge on any atom is -0.390 e. The van der Waals surface area contributed by atoms with Crippen LogP contribution >= 0.6 is 11.8 Å². The van der Waals surface area contributed by atoms with Crippen molar-refractivity contribution in [2.24, 2.45) is 0 Å². The molecule has 0 aliphatic heterocycles. The molecule has 1 aromatic rings. The molecule has 1 unspecified atom stereocenters. The van der Waals surface area contributed by atoms with Gasteiger partial charge >= 0.3 is 0 Å². The first-order valence-corrected chi connectivity index (χ1v) is 6.47. The van der Waals surface area contributed by atoms with Crippen molar-refractivity contribution in [3.05, 3.63) is 18.5 Å². The van der Waals surface area contributed by atoms with E-state index < -0.39 is 6.10 Å². The van der Waals surface area contributed by atoms with Gasteiger partial charge in [-0.2, -0.15) is 0 Å². The summed E-state index contributed by atoms with van der Waals surface area (Å²) in [6.07, 6.45) is 5.09. The van der Waals surface area contributed by atoms with E-state index in [1.807, 2.05) is 0 Å². The van der Waals surface area contributed by atoms with Gasteiger partial charge in [-0.3, -0.25) is 0 Å². The van der Waals surface area contributed by atoms with E-state index in [1.54, 1.807) is 18.5 Å². The minimum absolute atomic E-state index is 0.389. The zero-order valence-corrected chi connectivity index (χ0v) is 10.3. The Hall–Kier alpha value is -0.650. The summed E-state index contributed by atoms with van der Waals surface area (Å²) in [5.41, 5.74) is 0. The van der Waals surface area contributed by atoms with Crippen LogP contribution in [0.1, 0.15) is 19.8 Å². The van der Waals surface area contributed by atoms with Gasteiger partial charge < -0.3 is 9.84 Å². The molecule has 0 aliphatic rings. The van der Waals surface area contributed by atoms with Gasteiger partial charge in [0.1, 0.15) is 0 Å². The maximum Gasteiger partial charge on any atom is 0.187 e. The van der Waals surface area contributed by atoms with Crippen LogP contribution in [0.15, 0.2) is 23.6 Å².